The van der Waals surface area contributed by atoms with E-state index in [2.05, 4.69) is 36.9 Å². The lowest BCUT2D eigenvalue weighted by Crippen LogP contribution is -2.57. The smallest absolute Gasteiger partial charge is 0.239 e. The van der Waals surface area contributed by atoms with E-state index in [-0.39, 0.29) is 24.3 Å². The highest BCUT2D eigenvalue weighted by Crippen LogP contribution is 2.36. The second-order valence-electron chi connectivity index (χ2n) is 13.7. The van der Waals surface area contributed by atoms with Crippen LogP contribution in [0.2, 0.25) is 0 Å². The van der Waals surface area contributed by atoms with Gasteiger partial charge in [0.2, 0.25) is 5.91 Å². The topological polar surface area (TPSA) is 125 Å². The largest absolute Gasteiger partial charge is 0.494 e. The predicted octanol–water partition coefficient (Wildman–Crippen LogP) is 4.38. The molecule has 2 aromatic rings. The third kappa shape index (κ3) is 11.8. The number of hydrogen-bond donors (Lipinski definition) is 2. The Labute approximate surface area is 292 Å². The molecule has 11 heteroatoms. The Kier molecular flexibility index (Phi) is 15.9. The van der Waals surface area contributed by atoms with Gasteiger partial charge in [0, 0.05) is 53.0 Å². The highest BCUT2D eigenvalue weighted by atomic mass is 16.5. The van der Waals surface area contributed by atoms with Gasteiger partial charge in [0.1, 0.15) is 18.1 Å². The standard InChI is InChI=1S/C38H59N3O8/c1-27(2)21-32(39)38(43)41-23-35(48-25-28(3)42)37(30-10-12-31(13-11-30)46-19-7-6-17-44-4)36(24-41)49-26-29-9-14-34-33(22-29)40(16-20-47-34)15-8-18-45-5/h9-14,22,27-28,32,35-37,42H,6-8,15-21,23-26,39H2,1-5H3/t28-,32?,35-,36+,37+/m1/s1. The number of methoxy groups -OCH3 is 2. The summed E-state index contributed by atoms with van der Waals surface area (Å²) in [6, 6.07) is 13.6. The first-order chi connectivity index (χ1) is 23.7. The van der Waals surface area contributed by atoms with E-state index in [0.29, 0.717) is 52.5 Å². The number of nitrogens with zero attached hydrogens (tertiary/aromatic N) is 2. The van der Waals surface area contributed by atoms with Crippen LogP contribution in [0.3, 0.4) is 0 Å². The summed E-state index contributed by atoms with van der Waals surface area (Å²) >= 11 is 0. The number of ether oxygens (including phenoxy) is 6. The molecule has 2 aliphatic rings. The van der Waals surface area contributed by atoms with Crippen LogP contribution >= 0.6 is 0 Å². The molecule has 274 valence electrons. The van der Waals surface area contributed by atoms with Crippen LogP contribution in [0.1, 0.15) is 63.5 Å². The van der Waals surface area contributed by atoms with Gasteiger partial charge in [-0.05, 0) is 73.9 Å². The number of nitrogens with two attached hydrogens (primary N) is 1. The summed E-state index contributed by atoms with van der Waals surface area (Å²) in [7, 11) is 3.43. The number of unbranched alkanes of at least 4 members (excludes halogenated alkanes) is 1. The average molecular weight is 686 g/mol. The fourth-order valence-electron chi connectivity index (χ4n) is 6.57. The van der Waals surface area contributed by atoms with Gasteiger partial charge in [-0.25, -0.2) is 0 Å². The SMILES string of the molecule is COCCCCOc1ccc([C@@H]2[C@@H](OCc3ccc4c(c3)N(CCCOC)CCO4)CN(C(=O)C(N)CC(C)C)C[C@H]2OC[C@@H](C)O)cc1. The molecular formula is C38H59N3O8. The maximum atomic E-state index is 13.7. The number of piperidine rings is 1. The molecule has 49 heavy (non-hydrogen) atoms. The van der Waals surface area contributed by atoms with Crippen molar-refractivity contribution in [2.45, 2.75) is 83.3 Å². The van der Waals surface area contributed by atoms with Gasteiger partial charge >= 0.3 is 0 Å². The molecule has 0 saturated carbocycles. The Morgan fingerprint density at radius 2 is 1.65 bits per heavy atom. The highest BCUT2D eigenvalue weighted by molar-refractivity contribution is 5.82. The number of benzene rings is 2. The zero-order chi connectivity index (χ0) is 35.2. The number of anilines is 1. The van der Waals surface area contributed by atoms with E-state index in [0.717, 1.165) is 60.7 Å². The van der Waals surface area contributed by atoms with Gasteiger partial charge < -0.3 is 49.1 Å². The lowest BCUT2D eigenvalue weighted by atomic mass is 9.84. The molecule has 11 nitrogen and oxygen atoms in total. The van der Waals surface area contributed by atoms with Gasteiger partial charge in [-0.15, -0.1) is 0 Å². The monoisotopic (exact) mass is 685 g/mol. The van der Waals surface area contributed by atoms with Crippen LogP contribution in [0.25, 0.3) is 0 Å². The van der Waals surface area contributed by atoms with Crippen LogP contribution in [0, 0.1) is 5.92 Å². The van der Waals surface area contributed by atoms with E-state index in [1.165, 1.54) is 0 Å². The van der Waals surface area contributed by atoms with Crippen molar-refractivity contribution in [1.29, 1.82) is 0 Å². The van der Waals surface area contributed by atoms with Gasteiger partial charge in [-0.1, -0.05) is 32.0 Å². The molecule has 1 amide bonds. The quantitative estimate of drug-likeness (QED) is 0.194. The van der Waals surface area contributed by atoms with Gasteiger partial charge in [0.25, 0.3) is 0 Å². The summed E-state index contributed by atoms with van der Waals surface area (Å²) in [5.41, 5.74) is 9.51. The Balaban J connectivity index is 1.58. The molecule has 1 unspecified atom stereocenters. The number of fused-ring (bicyclic) bond motifs is 1. The van der Waals surface area contributed by atoms with E-state index >= 15 is 0 Å². The second kappa shape index (κ2) is 20.1. The second-order valence-corrected chi connectivity index (χ2v) is 13.7. The average Bonchev–Trinajstić information content (AvgIpc) is 3.09. The van der Waals surface area contributed by atoms with Crippen molar-refractivity contribution in [2.75, 3.05) is 78.3 Å². The minimum atomic E-state index is -0.660. The van der Waals surface area contributed by atoms with Crippen LogP contribution < -0.4 is 20.1 Å². The Morgan fingerprint density at radius 3 is 2.35 bits per heavy atom. The van der Waals surface area contributed by atoms with E-state index in [1.54, 1.807) is 26.0 Å². The lowest BCUT2D eigenvalue weighted by molar-refractivity contribution is -0.149. The Bertz CT molecular complexity index is 1260. The Hall–Kier alpha value is -2.93. The molecular weight excluding hydrogens is 626 g/mol. The molecule has 3 N–H and O–H groups in total. The van der Waals surface area contributed by atoms with Gasteiger partial charge in [-0.2, -0.15) is 0 Å². The van der Waals surface area contributed by atoms with Crippen molar-refractivity contribution < 1.29 is 38.3 Å². The number of likely N-dealkylation sites (tertiary alicyclic amines) is 1. The van der Waals surface area contributed by atoms with E-state index in [1.807, 2.05) is 24.3 Å². The van der Waals surface area contributed by atoms with Crippen LogP contribution in [0.15, 0.2) is 42.5 Å². The van der Waals surface area contributed by atoms with Gasteiger partial charge in [0.15, 0.2) is 0 Å². The number of aliphatic hydroxyl groups is 1. The maximum Gasteiger partial charge on any atom is 0.239 e. The van der Waals surface area contributed by atoms with Crippen LogP contribution in [-0.2, 0) is 30.3 Å². The van der Waals surface area contributed by atoms with E-state index in [9.17, 15) is 9.90 Å². The Morgan fingerprint density at radius 1 is 0.959 bits per heavy atom. The summed E-state index contributed by atoms with van der Waals surface area (Å²) in [5.74, 6) is 1.63. The molecule has 0 spiro atoms. The first kappa shape index (κ1) is 38.9. The van der Waals surface area contributed by atoms with Crippen molar-refractivity contribution in [3.05, 3.63) is 53.6 Å². The molecule has 2 aliphatic heterocycles. The summed E-state index contributed by atoms with van der Waals surface area (Å²) in [5, 5.41) is 10.2. The van der Waals surface area contributed by atoms with Crippen molar-refractivity contribution >= 4 is 11.6 Å². The molecule has 2 heterocycles. The number of aliphatic hydroxyl groups excluding tert-OH is 1. The first-order valence-electron chi connectivity index (χ1n) is 17.9. The van der Waals surface area contributed by atoms with E-state index in [4.69, 9.17) is 34.2 Å². The van der Waals surface area contributed by atoms with Crippen LogP contribution in [0.4, 0.5) is 5.69 Å². The molecule has 4 rings (SSSR count). The summed E-state index contributed by atoms with van der Waals surface area (Å²) in [4.78, 5) is 17.8. The molecule has 5 atom stereocenters. The van der Waals surface area contributed by atoms with Gasteiger partial charge in [0.05, 0.1) is 56.4 Å². The minimum Gasteiger partial charge on any atom is -0.494 e. The minimum absolute atomic E-state index is 0.110. The van der Waals surface area contributed by atoms with Crippen molar-refractivity contribution in [1.82, 2.24) is 4.90 Å². The van der Waals surface area contributed by atoms with Crippen molar-refractivity contribution in [3.8, 4) is 11.5 Å². The summed E-state index contributed by atoms with van der Waals surface area (Å²) in [6.07, 6.45) is 1.89. The normalized spacial score (nSPS) is 20.5. The third-order valence-electron chi connectivity index (χ3n) is 9.01. The number of carbonyl (C=O) groups is 1. The predicted molar refractivity (Wildman–Crippen MR) is 190 cm³/mol. The number of amides is 1. The molecule has 2 aromatic carbocycles. The molecule has 1 saturated heterocycles. The van der Waals surface area contributed by atoms with Gasteiger partial charge in [-0.3, -0.25) is 4.79 Å². The highest BCUT2D eigenvalue weighted by Gasteiger charge is 2.42. The molecule has 0 aromatic heterocycles. The molecule has 0 bridgehead atoms. The number of carbonyl (C=O) groups excluding carboxylic acids is 1. The van der Waals surface area contributed by atoms with Crippen molar-refractivity contribution in [3.63, 3.8) is 0 Å². The molecule has 0 radical (unpaired) electrons. The first-order valence-corrected chi connectivity index (χ1v) is 17.9. The summed E-state index contributed by atoms with van der Waals surface area (Å²) < 4.78 is 35.5. The van der Waals surface area contributed by atoms with Crippen LogP contribution in [-0.4, -0.2) is 114 Å². The number of hydrogen-bond acceptors (Lipinski definition) is 10. The fourth-order valence-corrected chi connectivity index (χ4v) is 6.57. The van der Waals surface area contributed by atoms with Crippen molar-refractivity contribution in [2.24, 2.45) is 11.7 Å². The lowest BCUT2D eigenvalue weighted by Gasteiger charge is -2.44. The summed E-state index contributed by atoms with van der Waals surface area (Å²) in [6.45, 7) is 11.4. The zero-order valence-electron chi connectivity index (χ0n) is 30.2. The molecule has 1 fully saturated rings. The number of rotatable bonds is 20. The van der Waals surface area contributed by atoms with E-state index < -0.39 is 24.4 Å². The third-order valence-corrected chi connectivity index (χ3v) is 9.01. The maximum absolute atomic E-state index is 13.7. The molecule has 0 aliphatic carbocycles. The zero-order valence-corrected chi connectivity index (χ0v) is 30.2. The fraction of sp³-hybridized carbons (Fsp3) is 0.658. The van der Waals surface area contributed by atoms with Crippen LogP contribution in [0.5, 0.6) is 11.5 Å².